The molecule has 33 heavy (non-hydrogen) atoms. The maximum Gasteiger partial charge on any atom is 0.343 e. The van der Waals surface area contributed by atoms with Crippen LogP contribution in [-0.4, -0.2) is 27.3 Å². The highest BCUT2D eigenvalue weighted by Gasteiger charge is 2.31. The first-order valence-corrected chi connectivity index (χ1v) is 10.7. The molecule has 0 radical (unpaired) electrons. The van der Waals surface area contributed by atoms with E-state index in [-0.39, 0.29) is 23.1 Å². The number of hydrogen-bond donors (Lipinski definition) is 1. The summed E-state index contributed by atoms with van der Waals surface area (Å²) in [7, 11) is 4.40. The van der Waals surface area contributed by atoms with E-state index in [0.29, 0.717) is 28.6 Å². The smallest absolute Gasteiger partial charge is 0.343 e. The summed E-state index contributed by atoms with van der Waals surface area (Å²) in [6, 6.07) is 14.0. The molecule has 1 aliphatic heterocycles. The van der Waals surface area contributed by atoms with Gasteiger partial charge in [0.05, 0.1) is 32.8 Å². The van der Waals surface area contributed by atoms with Gasteiger partial charge in [0.2, 0.25) is 11.6 Å². The van der Waals surface area contributed by atoms with E-state index >= 15 is 0 Å². The Bertz CT molecular complexity index is 1250. The summed E-state index contributed by atoms with van der Waals surface area (Å²) in [5.74, 6) is 0.757. The minimum Gasteiger partial charge on any atom is -0.493 e. The van der Waals surface area contributed by atoms with Crippen LogP contribution in [0.3, 0.4) is 0 Å². The molecular weight excluding hydrogens is 444 g/mol. The van der Waals surface area contributed by atoms with Crippen LogP contribution in [0.4, 0.5) is 0 Å². The molecule has 0 aliphatic carbocycles. The van der Waals surface area contributed by atoms with Gasteiger partial charge in [-0.1, -0.05) is 12.1 Å². The molecule has 4 rings (SSSR count). The van der Waals surface area contributed by atoms with Crippen molar-refractivity contribution in [3.63, 3.8) is 0 Å². The number of hydrogen-bond acceptors (Lipinski definition) is 9. The number of thiophene rings is 1. The van der Waals surface area contributed by atoms with Crippen molar-refractivity contribution in [2.75, 3.05) is 21.3 Å². The minimum atomic E-state index is -0.624. The molecule has 0 amide bonds. The molecule has 8 nitrogen and oxygen atoms in total. The maximum absolute atomic E-state index is 12.8. The van der Waals surface area contributed by atoms with Crippen LogP contribution in [0.2, 0.25) is 0 Å². The fraction of sp³-hybridized carbons (Fsp3) is 0.167. The molecule has 0 spiro atoms. The highest BCUT2D eigenvalue weighted by Crippen LogP contribution is 2.45. The molecule has 0 bridgehead atoms. The zero-order chi connectivity index (χ0) is 23.5. The summed E-state index contributed by atoms with van der Waals surface area (Å²) in [5.41, 5.74) is 7.34. The quantitative estimate of drug-likeness (QED) is 0.426. The van der Waals surface area contributed by atoms with Gasteiger partial charge in [-0.3, -0.25) is 0 Å². The van der Waals surface area contributed by atoms with Crippen LogP contribution in [0.1, 0.15) is 26.7 Å². The zero-order valence-electron chi connectivity index (χ0n) is 18.1. The van der Waals surface area contributed by atoms with Gasteiger partial charge in [0.25, 0.3) is 0 Å². The molecule has 1 aromatic heterocycles. The first kappa shape index (κ1) is 22.0. The van der Waals surface area contributed by atoms with Gasteiger partial charge < -0.3 is 29.4 Å². The standard InChI is InChI=1S/C24H20N2O6S/c1-28-18-9-13(10-19(29-2)22(18)30-3)24(27)31-14-6-7-15-17(11-14)32-23(26)16(12-25)21(15)20-5-4-8-33-20/h4-11,21H,26H2,1-3H3. The van der Waals surface area contributed by atoms with Crippen LogP contribution < -0.4 is 29.4 Å². The van der Waals surface area contributed by atoms with Gasteiger partial charge in [0, 0.05) is 16.5 Å². The number of rotatable bonds is 6. The molecule has 2 aromatic carbocycles. The Kier molecular flexibility index (Phi) is 6.11. The lowest BCUT2D eigenvalue weighted by molar-refractivity contribution is 0.0733. The number of carbonyl (C=O) groups is 1. The van der Waals surface area contributed by atoms with Crippen molar-refractivity contribution in [1.29, 1.82) is 5.26 Å². The number of esters is 1. The van der Waals surface area contributed by atoms with E-state index in [4.69, 9.17) is 29.4 Å². The molecule has 0 fully saturated rings. The number of carbonyl (C=O) groups excluding carboxylic acids is 1. The van der Waals surface area contributed by atoms with Gasteiger partial charge in [-0.15, -0.1) is 11.3 Å². The lowest BCUT2D eigenvalue weighted by atomic mass is 9.88. The minimum absolute atomic E-state index is 0.0245. The molecule has 2 N–H and O–H groups in total. The predicted octanol–water partition coefficient (Wildman–Crippen LogP) is 4.21. The van der Waals surface area contributed by atoms with Crippen molar-refractivity contribution in [1.82, 2.24) is 0 Å². The van der Waals surface area contributed by atoms with Crippen molar-refractivity contribution >= 4 is 17.3 Å². The Morgan fingerprint density at radius 1 is 1.09 bits per heavy atom. The number of methoxy groups -OCH3 is 3. The second kappa shape index (κ2) is 9.14. The maximum atomic E-state index is 12.8. The van der Waals surface area contributed by atoms with Crippen molar-refractivity contribution in [3.05, 3.63) is 75.3 Å². The molecular formula is C24H20N2O6S. The molecule has 9 heteroatoms. The highest BCUT2D eigenvalue weighted by atomic mass is 32.1. The number of ether oxygens (including phenoxy) is 5. The summed E-state index contributed by atoms with van der Waals surface area (Å²) in [6.45, 7) is 0. The van der Waals surface area contributed by atoms with Crippen LogP contribution in [0.25, 0.3) is 0 Å². The van der Waals surface area contributed by atoms with Gasteiger partial charge in [-0.05, 0) is 29.6 Å². The highest BCUT2D eigenvalue weighted by molar-refractivity contribution is 7.10. The van der Waals surface area contributed by atoms with E-state index in [1.807, 2.05) is 17.5 Å². The fourth-order valence-electron chi connectivity index (χ4n) is 3.61. The summed E-state index contributed by atoms with van der Waals surface area (Å²) >= 11 is 1.52. The Morgan fingerprint density at radius 3 is 2.39 bits per heavy atom. The predicted molar refractivity (Wildman–Crippen MR) is 121 cm³/mol. The third kappa shape index (κ3) is 4.04. The van der Waals surface area contributed by atoms with E-state index in [2.05, 4.69) is 6.07 Å². The summed E-state index contributed by atoms with van der Waals surface area (Å²) in [5, 5.41) is 11.6. The van der Waals surface area contributed by atoms with Crippen LogP contribution in [0.15, 0.2) is 59.3 Å². The zero-order valence-corrected chi connectivity index (χ0v) is 18.9. The molecule has 0 saturated heterocycles. The van der Waals surface area contributed by atoms with Crippen molar-refractivity contribution in [2.45, 2.75) is 5.92 Å². The Balaban J connectivity index is 1.66. The van der Waals surface area contributed by atoms with Crippen molar-refractivity contribution < 1.29 is 28.5 Å². The second-order valence-corrected chi connectivity index (χ2v) is 7.92. The summed E-state index contributed by atoms with van der Waals surface area (Å²) in [4.78, 5) is 13.8. The second-order valence-electron chi connectivity index (χ2n) is 6.94. The van der Waals surface area contributed by atoms with Crippen LogP contribution in [0, 0.1) is 11.3 Å². The van der Waals surface area contributed by atoms with E-state index in [1.54, 1.807) is 18.2 Å². The average molecular weight is 464 g/mol. The van der Waals surface area contributed by atoms with Crippen molar-refractivity contribution in [2.24, 2.45) is 5.73 Å². The van der Waals surface area contributed by atoms with E-state index in [9.17, 15) is 10.1 Å². The third-order valence-corrected chi connectivity index (χ3v) is 6.07. The number of fused-ring (bicyclic) bond motifs is 1. The first-order chi connectivity index (χ1) is 16.0. The molecule has 1 unspecified atom stereocenters. The molecule has 0 saturated carbocycles. The lowest BCUT2D eigenvalue weighted by Gasteiger charge is -2.25. The number of nitrogens with zero attached hydrogens (tertiary/aromatic N) is 1. The van der Waals surface area contributed by atoms with Gasteiger partial charge >= 0.3 is 5.97 Å². The van der Waals surface area contributed by atoms with Crippen LogP contribution >= 0.6 is 11.3 Å². The molecule has 1 aliphatic rings. The number of nitrogens with two attached hydrogens (primary N) is 1. The van der Waals surface area contributed by atoms with E-state index < -0.39 is 5.97 Å². The molecule has 1 atom stereocenters. The summed E-state index contributed by atoms with van der Waals surface area (Å²) < 4.78 is 27.1. The monoisotopic (exact) mass is 464 g/mol. The summed E-state index contributed by atoms with van der Waals surface area (Å²) in [6.07, 6.45) is 0. The largest absolute Gasteiger partial charge is 0.493 e. The first-order valence-electron chi connectivity index (χ1n) is 9.77. The van der Waals surface area contributed by atoms with E-state index in [1.165, 1.54) is 44.8 Å². The fourth-order valence-corrected chi connectivity index (χ4v) is 4.46. The third-order valence-electron chi connectivity index (χ3n) is 5.13. The van der Waals surface area contributed by atoms with Crippen molar-refractivity contribution in [3.8, 4) is 34.8 Å². The normalized spacial score (nSPS) is 14.5. The Morgan fingerprint density at radius 2 is 1.82 bits per heavy atom. The lowest BCUT2D eigenvalue weighted by Crippen LogP contribution is -2.20. The van der Waals surface area contributed by atoms with E-state index in [0.717, 1.165) is 10.4 Å². The Hall–Kier alpha value is -4.16. The topological polar surface area (TPSA) is 113 Å². The number of allylic oxidation sites excluding steroid dienone is 1. The van der Waals surface area contributed by atoms with Crippen LogP contribution in [-0.2, 0) is 0 Å². The average Bonchev–Trinajstić information content (AvgIpc) is 3.36. The number of nitriles is 1. The number of benzene rings is 2. The van der Waals surface area contributed by atoms with Gasteiger partial charge in [0.1, 0.15) is 23.1 Å². The SMILES string of the molecule is COc1cc(C(=O)Oc2ccc3c(c2)OC(N)=C(C#N)C3c2cccs2)cc(OC)c1OC. The van der Waals surface area contributed by atoms with Gasteiger partial charge in [-0.2, -0.15) is 5.26 Å². The van der Waals surface area contributed by atoms with Crippen LogP contribution in [0.5, 0.6) is 28.7 Å². The molecule has 168 valence electrons. The molecule has 3 aromatic rings. The van der Waals surface area contributed by atoms with Gasteiger partial charge in [-0.25, -0.2) is 4.79 Å². The Labute approximate surface area is 194 Å². The molecule has 2 heterocycles. The van der Waals surface area contributed by atoms with Gasteiger partial charge in [0.15, 0.2) is 11.5 Å².